The number of ether oxygens (including phenoxy) is 1. The molecule has 276 valence electrons. The summed E-state index contributed by atoms with van der Waals surface area (Å²) >= 11 is 0. The molecule has 0 aliphatic rings. The van der Waals surface area contributed by atoms with E-state index >= 15 is 0 Å². The number of anilines is 3. The Morgan fingerprint density at radius 3 is 1.88 bits per heavy atom. The van der Waals surface area contributed by atoms with Crippen molar-refractivity contribution in [3.63, 3.8) is 0 Å². The predicted molar refractivity (Wildman–Crippen MR) is 242 cm³/mol. The summed E-state index contributed by atoms with van der Waals surface area (Å²) in [4.78, 5) is 6.76. The molecule has 0 amide bonds. The van der Waals surface area contributed by atoms with Crippen LogP contribution in [0.3, 0.4) is 0 Å². The summed E-state index contributed by atoms with van der Waals surface area (Å²) in [6.45, 7) is 4.33. The minimum Gasteiger partial charge on any atom is -0.487 e. The average Bonchev–Trinajstić information content (AvgIpc) is 3.67. The third kappa shape index (κ3) is 6.47. The van der Waals surface area contributed by atoms with Crippen molar-refractivity contribution in [2.24, 2.45) is 4.99 Å². The minimum absolute atomic E-state index is 0.441. The molecule has 0 atom stereocenters. The quantitative estimate of drug-likeness (QED) is 0.131. The molecule has 0 saturated heterocycles. The number of benzene rings is 9. The van der Waals surface area contributed by atoms with Crippen LogP contribution in [0.25, 0.3) is 66.1 Å². The first kappa shape index (κ1) is 34.8. The molecule has 0 aliphatic heterocycles. The van der Waals surface area contributed by atoms with E-state index in [9.17, 15) is 0 Å². The van der Waals surface area contributed by atoms with Gasteiger partial charge in [0.15, 0.2) is 0 Å². The Balaban J connectivity index is 1.01. The third-order valence-electron chi connectivity index (χ3n) is 10.9. The summed E-state index contributed by atoms with van der Waals surface area (Å²) in [5.74, 6) is 0.676. The van der Waals surface area contributed by atoms with Crippen LogP contribution in [0.2, 0.25) is 0 Å². The second-order valence-corrected chi connectivity index (χ2v) is 14.4. The third-order valence-corrected chi connectivity index (χ3v) is 10.9. The molecule has 1 aromatic heterocycles. The van der Waals surface area contributed by atoms with Crippen LogP contribution in [0.15, 0.2) is 216 Å². The van der Waals surface area contributed by atoms with Crippen LogP contribution in [0.5, 0.6) is 5.75 Å². The van der Waals surface area contributed by atoms with Crippen LogP contribution < -0.4 is 9.64 Å². The SMILES string of the molecule is C=Nc1c(OCc2ccccc2)ccc2oc3cc(-c4ccc(N(c5ccc(-c6cccc7ccccc67)cc5)c5ccccc5-c5ccccc5)cc4)ccc3c12. The van der Waals surface area contributed by atoms with Gasteiger partial charge in [-0.15, -0.1) is 0 Å². The topological polar surface area (TPSA) is 38.0 Å². The summed E-state index contributed by atoms with van der Waals surface area (Å²) in [7, 11) is 0. The number of fused-ring (bicyclic) bond motifs is 4. The van der Waals surface area contributed by atoms with Gasteiger partial charge < -0.3 is 14.1 Å². The molecule has 0 aliphatic carbocycles. The van der Waals surface area contributed by atoms with Gasteiger partial charge in [-0.05, 0) is 105 Å². The Morgan fingerprint density at radius 1 is 0.483 bits per heavy atom. The van der Waals surface area contributed by atoms with Crippen molar-refractivity contribution < 1.29 is 9.15 Å². The van der Waals surface area contributed by atoms with Crippen LogP contribution in [-0.4, -0.2) is 6.72 Å². The number of para-hydroxylation sites is 1. The zero-order valence-corrected chi connectivity index (χ0v) is 31.8. The first-order chi connectivity index (χ1) is 28.7. The molecule has 4 nitrogen and oxygen atoms in total. The summed E-state index contributed by atoms with van der Waals surface area (Å²) in [6.07, 6.45) is 0. The maximum atomic E-state index is 6.42. The van der Waals surface area contributed by atoms with Crippen molar-refractivity contribution in [1.29, 1.82) is 0 Å². The molecule has 0 unspecified atom stereocenters. The molecule has 0 saturated carbocycles. The van der Waals surface area contributed by atoms with Crippen LogP contribution in [-0.2, 0) is 6.61 Å². The monoisotopic (exact) mass is 746 g/mol. The lowest BCUT2D eigenvalue weighted by Crippen LogP contribution is -2.11. The smallest absolute Gasteiger partial charge is 0.146 e. The highest BCUT2D eigenvalue weighted by atomic mass is 16.5. The van der Waals surface area contributed by atoms with E-state index in [2.05, 4.69) is 180 Å². The number of hydrogen-bond acceptors (Lipinski definition) is 4. The van der Waals surface area contributed by atoms with Crippen LogP contribution in [0.4, 0.5) is 22.7 Å². The Kier molecular flexibility index (Phi) is 9.05. The minimum atomic E-state index is 0.441. The molecule has 1 heterocycles. The number of nitrogens with zero attached hydrogens (tertiary/aromatic N) is 2. The highest BCUT2D eigenvalue weighted by Crippen LogP contribution is 2.44. The summed E-state index contributed by atoms with van der Waals surface area (Å²) < 4.78 is 12.6. The molecule has 58 heavy (non-hydrogen) atoms. The molecular formula is C54H38N2O2. The Morgan fingerprint density at radius 2 is 1.10 bits per heavy atom. The van der Waals surface area contributed by atoms with Crippen molar-refractivity contribution >= 4 is 62.2 Å². The molecule has 0 bridgehead atoms. The second kappa shape index (κ2) is 15.1. The van der Waals surface area contributed by atoms with Gasteiger partial charge in [0.25, 0.3) is 0 Å². The maximum absolute atomic E-state index is 6.42. The molecule has 10 aromatic rings. The highest BCUT2D eigenvalue weighted by molar-refractivity contribution is 6.13. The molecule has 10 rings (SSSR count). The van der Waals surface area contributed by atoms with Gasteiger partial charge >= 0.3 is 0 Å². The van der Waals surface area contributed by atoms with E-state index < -0.39 is 0 Å². The van der Waals surface area contributed by atoms with E-state index in [0.29, 0.717) is 18.0 Å². The van der Waals surface area contributed by atoms with Gasteiger partial charge in [0.05, 0.1) is 11.1 Å². The van der Waals surface area contributed by atoms with Crippen molar-refractivity contribution in [1.82, 2.24) is 0 Å². The predicted octanol–water partition coefficient (Wildman–Crippen LogP) is 15.1. The number of aliphatic imine (C=N–C) groups is 1. The van der Waals surface area contributed by atoms with E-state index in [1.165, 1.54) is 21.9 Å². The fourth-order valence-electron chi connectivity index (χ4n) is 8.05. The average molecular weight is 747 g/mol. The first-order valence-electron chi connectivity index (χ1n) is 19.5. The largest absolute Gasteiger partial charge is 0.487 e. The molecular weight excluding hydrogens is 709 g/mol. The van der Waals surface area contributed by atoms with Gasteiger partial charge in [0.2, 0.25) is 0 Å². The molecule has 0 N–H and O–H groups in total. The summed E-state index contributed by atoms with van der Waals surface area (Å²) in [5.41, 5.74) is 13.4. The number of hydrogen-bond donors (Lipinski definition) is 0. The molecule has 0 radical (unpaired) electrons. The normalized spacial score (nSPS) is 11.2. The Hall–Kier alpha value is -7.69. The van der Waals surface area contributed by atoms with Crippen LogP contribution in [0, 0.1) is 0 Å². The zero-order chi connectivity index (χ0) is 38.8. The lowest BCUT2D eigenvalue weighted by atomic mass is 9.97. The fraction of sp³-hybridized carbons (Fsp3) is 0.0185. The van der Waals surface area contributed by atoms with Gasteiger partial charge in [0, 0.05) is 22.3 Å². The van der Waals surface area contributed by atoms with E-state index in [-0.39, 0.29) is 0 Å². The highest BCUT2D eigenvalue weighted by Gasteiger charge is 2.19. The molecule has 9 aromatic carbocycles. The van der Waals surface area contributed by atoms with Gasteiger partial charge in [-0.1, -0.05) is 152 Å². The summed E-state index contributed by atoms with van der Waals surface area (Å²) in [5, 5.41) is 4.35. The van der Waals surface area contributed by atoms with E-state index in [0.717, 1.165) is 66.8 Å². The first-order valence-corrected chi connectivity index (χ1v) is 19.5. The lowest BCUT2D eigenvalue weighted by molar-refractivity contribution is 0.308. The van der Waals surface area contributed by atoms with Crippen molar-refractivity contribution in [2.45, 2.75) is 6.61 Å². The van der Waals surface area contributed by atoms with Crippen molar-refractivity contribution in [3.05, 3.63) is 212 Å². The van der Waals surface area contributed by atoms with Gasteiger partial charge in [-0.2, -0.15) is 0 Å². The van der Waals surface area contributed by atoms with Crippen molar-refractivity contribution in [3.8, 4) is 39.1 Å². The Labute approximate surface area is 337 Å². The number of rotatable bonds is 10. The van der Waals surface area contributed by atoms with E-state index in [1.807, 2.05) is 42.5 Å². The lowest BCUT2D eigenvalue weighted by Gasteiger charge is -2.28. The molecule has 0 fully saturated rings. The van der Waals surface area contributed by atoms with Crippen LogP contribution in [0.1, 0.15) is 5.56 Å². The van der Waals surface area contributed by atoms with Gasteiger partial charge in [0.1, 0.15) is 29.2 Å². The zero-order valence-electron chi connectivity index (χ0n) is 31.8. The fourth-order valence-corrected chi connectivity index (χ4v) is 8.05. The molecule has 0 spiro atoms. The van der Waals surface area contributed by atoms with E-state index in [1.54, 1.807) is 0 Å². The van der Waals surface area contributed by atoms with Crippen LogP contribution >= 0.6 is 0 Å². The number of furan rings is 1. The summed E-state index contributed by atoms with van der Waals surface area (Å²) in [6, 6.07) is 72.3. The van der Waals surface area contributed by atoms with Gasteiger partial charge in [-0.3, -0.25) is 4.99 Å². The maximum Gasteiger partial charge on any atom is 0.146 e. The standard InChI is InChI=1S/C54H38N2O2/c1-55-54-51(57-36-37-13-4-2-5-14-37)34-33-50-53(54)48-32-27-42(35-52(48)58-50)38-23-28-43(29-24-38)56(49-22-11-10-20-47(49)40-15-6-3-7-16-40)44-30-25-41(26-31-44)46-21-12-18-39-17-8-9-19-45(39)46/h2-35H,1,36H2. The van der Waals surface area contributed by atoms with Gasteiger partial charge in [-0.25, -0.2) is 0 Å². The second-order valence-electron chi connectivity index (χ2n) is 14.4. The van der Waals surface area contributed by atoms with E-state index in [4.69, 9.17) is 9.15 Å². The Bertz CT molecular complexity index is 3060. The molecule has 4 heteroatoms. The van der Waals surface area contributed by atoms with Crippen molar-refractivity contribution in [2.75, 3.05) is 4.90 Å².